The number of benzene rings is 2. The minimum Gasteiger partial charge on any atom is -1.00 e. The third kappa shape index (κ3) is 9.93. The monoisotopic (exact) mass is 630 g/mol. The molecule has 8 nitrogen and oxygen atoms in total. The number of hydrogen-bond acceptors (Lipinski definition) is 6. The van der Waals surface area contributed by atoms with Crippen molar-refractivity contribution in [3.63, 3.8) is 0 Å². The number of quaternary nitrogens is 1. The third-order valence-electron chi connectivity index (χ3n) is 6.63. The molecule has 41 heavy (non-hydrogen) atoms. The molecule has 0 fully saturated rings. The number of nitrogens with one attached hydrogen (secondary N) is 1. The first-order valence-electron chi connectivity index (χ1n) is 13.8. The number of hydrogen-bond donors (Lipinski definition) is 2. The van der Waals surface area contributed by atoms with Crippen LogP contribution < -0.4 is 36.5 Å². The number of methoxy groups -OCH3 is 1. The van der Waals surface area contributed by atoms with E-state index in [1.54, 1.807) is 18.2 Å². The van der Waals surface area contributed by atoms with Crippen LogP contribution in [0.4, 0.5) is 0 Å². The first-order valence-corrected chi connectivity index (χ1v) is 13.8. The fourth-order valence-electron chi connectivity index (χ4n) is 4.43. The van der Waals surface area contributed by atoms with Gasteiger partial charge in [-0.05, 0) is 69.0 Å². The number of allylic oxidation sites excluding steroid dienone is 1. The van der Waals surface area contributed by atoms with Crippen molar-refractivity contribution in [3.05, 3.63) is 59.2 Å². The molecule has 0 aliphatic carbocycles. The second kappa shape index (κ2) is 15.1. The summed E-state index contributed by atoms with van der Waals surface area (Å²) in [4.78, 5) is 25.0. The number of carbonyl (C=O) groups excluding carboxylic acids is 2. The Morgan fingerprint density at radius 2 is 1.85 bits per heavy atom. The predicted molar refractivity (Wildman–Crippen MR) is 158 cm³/mol. The predicted octanol–water partition coefficient (Wildman–Crippen LogP) is 2.25. The zero-order valence-corrected chi connectivity index (χ0v) is 26.5. The van der Waals surface area contributed by atoms with E-state index in [0.717, 1.165) is 43.7 Å². The van der Waals surface area contributed by atoms with Crippen LogP contribution in [0, 0.1) is 0 Å². The lowest BCUT2D eigenvalue weighted by atomic mass is 9.97. The van der Waals surface area contributed by atoms with Crippen molar-refractivity contribution in [2.75, 3.05) is 47.4 Å². The Hall–Kier alpha value is -3.30. The Morgan fingerprint density at radius 3 is 2.51 bits per heavy atom. The molecule has 0 saturated heterocycles. The number of phenols is 1. The first-order chi connectivity index (χ1) is 18.9. The molecule has 1 amide bonds. The molecular formula is C32H43BrN2O6. The van der Waals surface area contributed by atoms with Gasteiger partial charge in [0.25, 0.3) is 5.91 Å². The normalized spacial score (nSPS) is 13.6. The number of aromatic hydroxyl groups is 1. The standard InChI is InChI=1S/C32H42N2O6.BrH/c1-7-18-33-29(36)22-34(4,5)19-8-9-20-39-24-13-10-23(11-14-24)12-15-26(35)30-28(38-6)21-27-25(31(30)37)16-17-32(2,3)40-27;/h10-17,21H,7-9,18-20,22H2,1-6H3,(H-,33,35,36,37);1H/b15-12+;. The van der Waals surface area contributed by atoms with Crippen LogP contribution in [0.2, 0.25) is 0 Å². The summed E-state index contributed by atoms with van der Waals surface area (Å²) in [5, 5.41) is 13.8. The van der Waals surface area contributed by atoms with Crippen molar-refractivity contribution in [1.82, 2.24) is 5.32 Å². The van der Waals surface area contributed by atoms with Gasteiger partial charge in [-0.1, -0.05) is 25.1 Å². The van der Waals surface area contributed by atoms with E-state index in [1.165, 1.54) is 13.2 Å². The molecule has 0 saturated carbocycles. The number of phenolic OH excluding ortho intramolecular Hbond substituents is 1. The quantitative estimate of drug-likeness (QED) is 0.144. The van der Waals surface area contributed by atoms with Gasteiger partial charge in [-0.3, -0.25) is 9.59 Å². The Bertz CT molecular complexity index is 1250. The Balaban J connectivity index is 0.00000588. The number of carbonyl (C=O) groups is 2. The van der Waals surface area contributed by atoms with E-state index in [1.807, 2.05) is 51.1 Å². The molecule has 0 aromatic heterocycles. The van der Waals surface area contributed by atoms with Crippen LogP contribution in [0.25, 0.3) is 12.2 Å². The van der Waals surface area contributed by atoms with Gasteiger partial charge in [0.15, 0.2) is 12.3 Å². The largest absolute Gasteiger partial charge is 1.00 e. The lowest BCUT2D eigenvalue weighted by Gasteiger charge is -2.29. The van der Waals surface area contributed by atoms with Crippen LogP contribution in [0.15, 0.2) is 42.5 Å². The number of nitrogens with zero attached hydrogens (tertiary/aromatic N) is 1. The van der Waals surface area contributed by atoms with Crippen LogP contribution in [0.1, 0.15) is 61.5 Å². The molecule has 2 aromatic rings. The van der Waals surface area contributed by atoms with Crippen molar-refractivity contribution >= 4 is 23.8 Å². The van der Waals surface area contributed by atoms with Gasteiger partial charge in [-0.15, -0.1) is 0 Å². The smallest absolute Gasteiger partial charge is 0.275 e. The van der Waals surface area contributed by atoms with E-state index in [2.05, 4.69) is 19.4 Å². The van der Waals surface area contributed by atoms with Crippen molar-refractivity contribution in [1.29, 1.82) is 0 Å². The third-order valence-corrected chi connectivity index (χ3v) is 6.63. The summed E-state index contributed by atoms with van der Waals surface area (Å²) < 4.78 is 17.8. The van der Waals surface area contributed by atoms with E-state index in [4.69, 9.17) is 14.2 Å². The highest BCUT2D eigenvalue weighted by molar-refractivity contribution is 6.11. The van der Waals surface area contributed by atoms with Crippen molar-refractivity contribution < 1.29 is 50.4 Å². The molecule has 9 heteroatoms. The van der Waals surface area contributed by atoms with Crippen molar-refractivity contribution in [3.8, 4) is 23.0 Å². The van der Waals surface area contributed by atoms with Crippen LogP contribution >= 0.6 is 0 Å². The van der Waals surface area contributed by atoms with E-state index >= 15 is 0 Å². The second-order valence-corrected chi connectivity index (χ2v) is 11.2. The van der Waals surface area contributed by atoms with Crippen LogP contribution in [0.3, 0.4) is 0 Å². The molecule has 1 heterocycles. The zero-order valence-electron chi connectivity index (χ0n) is 25.0. The van der Waals surface area contributed by atoms with Gasteiger partial charge in [-0.2, -0.15) is 0 Å². The summed E-state index contributed by atoms with van der Waals surface area (Å²) >= 11 is 0. The number of ether oxygens (including phenoxy) is 3. The summed E-state index contributed by atoms with van der Waals surface area (Å²) in [5.74, 6) is 1.02. The molecule has 224 valence electrons. The summed E-state index contributed by atoms with van der Waals surface area (Å²) in [6.45, 7) is 8.54. The zero-order chi connectivity index (χ0) is 29.3. The number of fused-ring (bicyclic) bond motifs is 1. The Kier molecular flexibility index (Phi) is 12.5. The molecular weight excluding hydrogens is 588 g/mol. The molecule has 1 aliphatic heterocycles. The fourth-order valence-corrected chi connectivity index (χ4v) is 4.43. The maximum atomic E-state index is 13.0. The number of amides is 1. The Morgan fingerprint density at radius 1 is 1.15 bits per heavy atom. The van der Waals surface area contributed by atoms with Gasteiger partial charge in [0, 0.05) is 12.6 Å². The molecule has 0 bridgehead atoms. The molecule has 1 aliphatic rings. The fraction of sp³-hybridized carbons (Fsp3) is 0.438. The van der Waals surface area contributed by atoms with Gasteiger partial charge in [0.2, 0.25) is 0 Å². The van der Waals surface area contributed by atoms with Crippen LogP contribution in [-0.2, 0) is 4.79 Å². The maximum absolute atomic E-state index is 13.0. The van der Waals surface area contributed by atoms with Gasteiger partial charge >= 0.3 is 0 Å². The summed E-state index contributed by atoms with van der Waals surface area (Å²) in [7, 11) is 5.59. The molecule has 0 radical (unpaired) electrons. The molecule has 2 N–H and O–H groups in total. The van der Waals surface area contributed by atoms with Crippen LogP contribution in [-0.4, -0.2) is 74.3 Å². The van der Waals surface area contributed by atoms with Gasteiger partial charge < -0.3 is 46.1 Å². The average molecular weight is 632 g/mol. The molecule has 0 spiro atoms. The van der Waals surface area contributed by atoms with Gasteiger partial charge in [-0.25, -0.2) is 0 Å². The average Bonchev–Trinajstić information content (AvgIpc) is 2.89. The minimum atomic E-state index is -0.519. The van der Waals surface area contributed by atoms with E-state index in [9.17, 15) is 14.7 Å². The topological polar surface area (TPSA) is 94.1 Å². The highest BCUT2D eigenvalue weighted by Gasteiger charge is 2.28. The van der Waals surface area contributed by atoms with Crippen molar-refractivity contribution in [2.24, 2.45) is 0 Å². The minimum absolute atomic E-state index is 0. The first kappa shape index (κ1) is 33.9. The number of ketones is 1. The summed E-state index contributed by atoms with van der Waals surface area (Å²) in [6, 6.07) is 9.11. The summed E-state index contributed by atoms with van der Waals surface area (Å²) in [6.07, 6.45) is 9.49. The van der Waals surface area contributed by atoms with E-state index < -0.39 is 5.60 Å². The molecule has 2 aromatic carbocycles. The van der Waals surface area contributed by atoms with Crippen LogP contribution in [0.5, 0.6) is 23.0 Å². The maximum Gasteiger partial charge on any atom is 0.275 e. The van der Waals surface area contributed by atoms with Crippen molar-refractivity contribution in [2.45, 2.75) is 45.6 Å². The SMILES string of the molecule is CCCNC(=O)C[N+](C)(C)CCCCOc1ccc(/C=C/C(=O)c2c(OC)cc3c(c2O)C=CC(C)(C)O3)cc1.[Br-]. The number of likely N-dealkylation sites (N-methyl/N-ethyl adjacent to an activating group) is 1. The molecule has 0 atom stereocenters. The van der Waals surface area contributed by atoms with Gasteiger partial charge in [0.05, 0.1) is 39.9 Å². The number of rotatable bonds is 14. The van der Waals surface area contributed by atoms with Gasteiger partial charge in [0.1, 0.15) is 34.2 Å². The Labute approximate surface area is 254 Å². The lowest BCUT2D eigenvalue weighted by Crippen LogP contribution is -3.00. The lowest BCUT2D eigenvalue weighted by molar-refractivity contribution is -0.882. The number of unbranched alkanes of at least 4 members (excludes halogenated alkanes) is 1. The molecule has 3 rings (SSSR count). The second-order valence-electron chi connectivity index (χ2n) is 11.2. The summed E-state index contributed by atoms with van der Waals surface area (Å²) in [5.41, 5.74) is 0.851. The molecule has 0 unspecified atom stereocenters. The highest BCUT2D eigenvalue weighted by Crippen LogP contribution is 2.43. The van der Waals surface area contributed by atoms with E-state index in [-0.39, 0.29) is 45.7 Å². The number of halogens is 1. The highest BCUT2D eigenvalue weighted by atomic mass is 79.9. The van der Waals surface area contributed by atoms with E-state index in [0.29, 0.717) is 28.9 Å².